The van der Waals surface area contributed by atoms with Gasteiger partial charge in [0.15, 0.2) is 0 Å². The first kappa shape index (κ1) is 15.8. The van der Waals surface area contributed by atoms with Gasteiger partial charge >= 0.3 is 0 Å². The number of piperazine rings is 1. The minimum atomic E-state index is -0.345. The quantitative estimate of drug-likeness (QED) is 0.854. The largest absolute Gasteiger partial charge is 0.372 e. The van der Waals surface area contributed by atoms with Gasteiger partial charge in [0, 0.05) is 39.0 Å². The van der Waals surface area contributed by atoms with Crippen LogP contribution in [0.15, 0.2) is 24.3 Å². The van der Waals surface area contributed by atoms with E-state index in [1.54, 1.807) is 14.0 Å². The van der Waals surface area contributed by atoms with Gasteiger partial charge in [-0.3, -0.25) is 4.79 Å². The van der Waals surface area contributed by atoms with Crippen LogP contribution in [0.4, 0.5) is 5.69 Å². The highest BCUT2D eigenvalue weighted by molar-refractivity contribution is 5.80. The average molecular weight is 290 g/mol. The van der Waals surface area contributed by atoms with Crippen molar-refractivity contribution in [3.05, 3.63) is 29.8 Å². The first-order valence-electron chi connectivity index (χ1n) is 7.69. The number of carbonyl (C=O) groups is 1. The van der Waals surface area contributed by atoms with Crippen LogP contribution >= 0.6 is 0 Å². The van der Waals surface area contributed by atoms with Gasteiger partial charge in [-0.1, -0.05) is 26.0 Å². The minimum Gasteiger partial charge on any atom is -0.372 e. The highest BCUT2D eigenvalue weighted by Gasteiger charge is 2.24. The van der Waals surface area contributed by atoms with E-state index in [9.17, 15) is 4.79 Å². The Bertz CT molecular complexity index is 462. The molecule has 1 aliphatic rings. The van der Waals surface area contributed by atoms with E-state index in [1.165, 1.54) is 11.3 Å². The Balaban J connectivity index is 1.93. The van der Waals surface area contributed by atoms with Gasteiger partial charge in [-0.05, 0) is 30.5 Å². The van der Waals surface area contributed by atoms with Gasteiger partial charge in [0.2, 0.25) is 0 Å². The van der Waals surface area contributed by atoms with Gasteiger partial charge in [0.05, 0.1) is 0 Å². The van der Waals surface area contributed by atoms with Crippen molar-refractivity contribution in [1.29, 1.82) is 0 Å². The predicted octanol–water partition coefficient (Wildman–Crippen LogP) is 2.49. The van der Waals surface area contributed by atoms with Gasteiger partial charge < -0.3 is 14.5 Å². The highest BCUT2D eigenvalue weighted by atomic mass is 16.5. The maximum atomic E-state index is 12.1. The minimum absolute atomic E-state index is 0.0901. The van der Waals surface area contributed by atoms with Crippen LogP contribution in [0.5, 0.6) is 0 Å². The molecule has 0 aromatic heterocycles. The van der Waals surface area contributed by atoms with Crippen LogP contribution in [0.3, 0.4) is 0 Å². The molecule has 4 nitrogen and oxygen atoms in total. The van der Waals surface area contributed by atoms with Crippen molar-refractivity contribution in [3.63, 3.8) is 0 Å². The monoisotopic (exact) mass is 290 g/mol. The summed E-state index contributed by atoms with van der Waals surface area (Å²) in [7, 11) is 1.58. The summed E-state index contributed by atoms with van der Waals surface area (Å²) in [4.78, 5) is 16.3. The predicted molar refractivity (Wildman–Crippen MR) is 85.8 cm³/mol. The number of anilines is 1. The highest BCUT2D eigenvalue weighted by Crippen LogP contribution is 2.21. The maximum absolute atomic E-state index is 12.1. The zero-order valence-electron chi connectivity index (χ0n) is 13.5. The third kappa shape index (κ3) is 3.76. The lowest BCUT2D eigenvalue weighted by atomic mass is 10.0. The molecule has 0 N–H and O–H groups in total. The molecular formula is C17H26N2O2. The lowest BCUT2D eigenvalue weighted by Gasteiger charge is -2.37. The van der Waals surface area contributed by atoms with E-state index in [4.69, 9.17) is 4.74 Å². The molecule has 1 aliphatic heterocycles. The zero-order chi connectivity index (χ0) is 15.4. The molecule has 1 amide bonds. The summed E-state index contributed by atoms with van der Waals surface area (Å²) in [6, 6.07) is 8.77. The summed E-state index contributed by atoms with van der Waals surface area (Å²) < 4.78 is 5.11. The smallest absolute Gasteiger partial charge is 0.251 e. The Kier molecular flexibility index (Phi) is 5.23. The molecular weight excluding hydrogens is 264 g/mol. The number of nitrogens with zero attached hydrogens (tertiary/aromatic N) is 2. The first-order valence-corrected chi connectivity index (χ1v) is 7.69. The molecule has 116 valence electrons. The third-order valence-corrected chi connectivity index (χ3v) is 4.22. The average Bonchev–Trinajstić information content (AvgIpc) is 2.53. The van der Waals surface area contributed by atoms with Crippen LogP contribution in [0.1, 0.15) is 32.3 Å². The van der Waals surface area contributed by atoms with Crippen LogP contribution in [-0.2, 0) is 9.53 Å². The summed E-state index contributed by atoms with van der Waals surface area (Å²) in [5.41, 5.74) is 2.60. The standard InChI is InChI=1S/C17H26N2O2/c1-13(2)15-5-7-16(8-6-15)18-9-11-19(12-10-18)17(20)14(3)21-4/h5-8,13-14H,9-12H2,1-4H3/t14-/m1/s1. The van der Waals surface area contributed by atoms with E-state index in [0.29, 0.717) is 5.92 Å². The fourth-order valence-corrected chi connectivity index (χ4v) is 2.61. The van der Waals surface area contributed by atoms with Crippen molar-refractivity contribution < 1.29 is 9.53 Å². The number of carbonyl (C=O) groups excluding carboxylic acids is 1. The zero-order valence-corrected chi connectivity index (χ0v) is 13.5. The first-order chi connectivity index (χ1) is 10.0. The van der Waals surface area contributed by atoms with Gasteiger partial charge in [-0.25, -0.2) is 0 Å². The second kappa shape index (κ2) is 6.94. The second-order valence-electron chi connectivity index (χ2n) is 5.94. The molecule has 1 atom stereocenters. The molecule has 4 heteroatoms. The molecule has 1 heterocycles. The molecule has 1 fully saturated rings. The molecule has 0 unspecified atom stereocenters. The summed E-state index contributed by atoms with van der Waals surface area (Å²) in [5.74, 6) is 0.649. The number of methoxy groups -OCH3 is 1. The molecule has 1 aromatic carbocycles. The Labute approximate surface area is 127 Å². The number of amides is 1. The van der Waals surface area contributed by atoms with Gasteiger partial charge in [-0.15, -0.1) is 0 Å². The van der Waals surface area contributed by atoms with E-state index >= 15 is 0 Å². The fourth-order valence-electron chi connectivity index (χ4n) is 2.61. The Morgan fingerprint density at radius 1 is 1.05 bits per heavy atom. The van der Waals surface area contributed by atoms with E-state index in [2.05, 4.69) is 43.0 Å². The number of ether oxygens (including phenoxy) is 1. The molecule has 1 saturated heterocycles. The molecule has 1 aromatic rings. The SMILES string of the molecule is CO[C@H](C)C(=O)N1CCN(c2ccc(C(C)C)cc2)CC1. The Hall–Kier alpha value is -1.55. The van der Waals surface area contributed by atoms with Crippen molar-refractivity contribution in [2.75, 3.05) is 38.2 Å². The van der Waals surface area contributed by atoms with Crippen LogP contribution < -0.4 is 4.90 Å². The second-order valence-corrected chi connectivity index (χ2v) is 5.94. The molecule has 21 heavy (non-hydrogen) atoms. The Morgan fingerprint density at radius 3 is 2.10 bits per heavy atom. The molecule has 0 aliphatic carbocycles. The summed E-state index contributed by atoms with van der Waals surface area (Å²) in [5, 5.41) is 0. The maximum Gasteiger partial charge on any atom is 0.251 e. The molecule has 0 bridgehead atoms. The van der Waals surface area contributed by atoms with Crippen molar-refractivity contribution in [2.45, 2.75) is 32.8 Å². The van der Waals surface area contributed by atoms with E-state index in [-0.39, 0.29) is 12.0 Å². The van der Waals surface area contributed by atoms with Gasteiger partial charge in [0.25, 0.3) is 5.91 Å². The van der Waals surface area contributed by atoms with Gasteiger partial charge in [0.1, 0.15) is 6.10 Å². The topological polar surface area (TPSA) is 32.8 Å². The van der Waals surface area contributed by atoms with Crippen LogP contribution in [-0.4, -0.2) is 50.2 Å². The lowest BCUT2D eigenvalue weighted by Crippen LogP contribution is -2.51. The fraction of sp³-hybridized carbons (Fsp3) is 0.588. The summed E-state index contributed by atoms with van der Waals surface area (Å²) in [6.07, 6.45) is -0.345. The van der Waals surface area contributed by atoms with Crippen LogP contribution in [0.25, 0.3) is 0 Å². The van der Waals surface area contributed by atoms with E-state index in [0.717, 1.165) is 26.2 Å². The van der Waals surface area contributed by atoms with E-state index < -0.39 is 0 Å². The number of benzene rings is 1. The third-order valence-electron chi connectivity index (χ3n) is 4.22. The number of hydrogen-bond donors (Lipinski definition) is 0. The summed E-state index contributed by atoms with van der Waals surface area (Å²) in [6.45, 7) is 9.50. The van der Waals surface area contributed by atoms with Crippen molar-refractivity contribution in [2.24, 2.45) is 0 Å². The van der Waals surface area contributed by atoms with Crippen LogP contribution in [0, 0.1) is 0 Å². The number of rotatable bonds is 4. The molecule has 0 spiro atoms. The van der Waals surface area contributed by atoms with Crippen molar-refractivity contribution in [3.8, 4) is 0 Å². The lowest BCUT2D eigenvalue weighted by molar-refractivity contribution is -0.141. The molecule has 0 saturated carbocycles. The number of hydrogen-bond acceptors (Lipinski definition) is 3. The van der Waals surface area contributed by atoms with Gasteiger partial charge in [-0.2, -0.15) is 0 Å². The normalized spacial score (nSPS) is 17.2. The molecule has 2 rings (SSSR count). The van der Waals surface area contributed by atoms with E-state index in [1.807, 2.05) is 4.90 Å². The summed E-state index contributed by atoms with van der Waals surface area (Å²) >= 11 is 0. The van der Waals surface area contributed by atoms with Crippen molar-refractivity contribution >= 4 is 11.6 Å². The molecule has 0 radical (unpaired) electrons. The van der Waals surface area contributed by atoms with Crippen molar-refractivity contribution in [1.82, 2.24) is 4.90 Å². The van der Waals surface area contributed by atoms with Crippen LogP contribution in [0.2, 0.25) is 0 Å². The Morgan fingerprint density at radius 2 is 1.62 bits per heavy atom.